The molecular formula is C29H40N4O5. The van der Waals surface area contributed by atoms with Crippen molar-refractivity contribution in [2.75, 3.05) is 11.4 Å². The van der Waals surface area contributed by atoms with E-state index in [1.165, 1.54) is 12.8 Å². The molecule has 0 spiro atoms. The average molecular weight is 525 g/mol. The van der Waals surface area contributed by atoms with Crippen LogP contribution in [0, 0.1) is 5.92 Å². The molecule has 0 aromatic heterocycles. The molecule has 0 bridgehead atoms. The Kier molecular flexibility index (Phi) is 7.38. The highest BCUT2D eigenvalue weighted by Crippen LogP contribution is 2.39. The Morgan fingerprint density at radius 3 is 2.47 bits per heavy atom. The molecule has 9 nitrogen and oxygen atoms in total. The van der Waals surface area contributed by atoms with Crippen molar-refractivity contribution in [2.24, 2.45) is 5.92 Å². The number of imide groups is 1. The number of ether oxygens (including phenoxy) is 1. The van der Waals surface area contributed by atoms with E-state index in [2.05, 4.69) is 21.6 Å². The van der Waals surface area contributed by atoms with Gasteiger partial charge in [-0.25, -0.2) is 4.79 Å². The highest BCUT2D eigenvalue weighted by atomic mass is 16.6. The zero-order valence-electron chi connectivity index (χ0n) is 22.8. The number of alkyl carbamates (subject to hydrolysis) is 1. The van der Waals surface area contributed by atoms with E-state index in [9.17, 15) is 19.2 Å². The molecule has 1 atom stereocenters. The SMILES string of the molecule is CC(C)(C)OC(=O)NC1CCC(N(CCC2CC2)c2cccc3c2CN(C2CCC(=O)NC2=O)C3=O)CC1. The van der Waals surface area contributed by atoms with Gasteiger partial charge in [0.2, 0.25) is 11.8 Å². The molecule has 1 saturated heterocycles. The van der Waals surface area contributed by atoms with Crippen molar-refractivity contribution >= 4 is 29.5 Å². The predicted molar refractivity (Wildman–Crippen MR) is 143 cm³/mol. The number of carbonyl (C=O) groups is 4. The van der Waals surface area contributed by atoms with Gasteiger partial charge < -0.3 is 19.9 Å². The standard InChI is InChI=1S/C29H40N4O5/c1-29(2,3)38-28(37)30-19-9-11-20(12-10-19)32(16-15-18-7-8-18)23-6-4-5-21-22(23)17-33(27(21)36)24-13-14-25(34)31-26(24)35/h4-6,18-20,24H,7-17H2,1-3H3,(H,30,37)(H,31,34,35). The van der Waals surface area contributed by atoms with Gasteiger partial charge in [-0.1, -0.05) is 18.9 Å². The maximum atomic E-state index is 13.4. The summed E-state index contributed by atoms with van der Waals surface area (Å²) in [7, 11) is 0. The number of nitrogens with zero attached hydrogens (tertiary/aromatic N) is 2. The second kappa shape index (κ2) is 10.6. The van der Waals surface area contributed by atoms with Crippen LogP contribution in [0.3, 0.4) is 0 Å². The number of hydrogen-bond donors (Lipinski definition) is 2. The highest BCUT2D eigenvalue weighted by molar-refractivity contribution is 6.06. The number of anilines is 1. The van der Waals surface area contributed by atoms with Crippen molar-refractivity contribution in [1.82, 2.24) is 15.5 Å². The average Bonchev–Trinajstić information content (AvgIpc) is 3.61. The summed E-state index contributed by atoms with van der Waals surface area (Å²) in [6.45, 7) is 6.91. The maximum absolute atomic E-state index is 13.4. The quantitative estimate of drug-likeness (QED) is 0.524. The van der Waals surface area contributed by atoms with E-state index in [1.54, 1.807) is 4.90 Å². The van der Waals surface area contributed by atoms with Crippen LogP contribution in [0.1, 0.15) is 94.5 Å². The van der Waals surface area contributed by atoms with Crippen molar-refractivity contribution in [3.63, 3.8) is 0 Å². The van der Waals surface area contributed by atoms with Crippen LogP contribution in [0.2, 0.25) is 0 Å². The Hall–Kier alpha value is -3.10. The Bertz CT molecular complexity index is 1100. The molecule has 2 heterocycles. The van der Waals surface area contributed by atoms with Crippen molar-refractivity contribution in [3.8, 4) is 0 Å². The van der Waals surface area contributed by atoms with E-state index >= 15 is 0 Å². The summed E-state index contributed by atoms with van der Waals surface area (Å²) < 4.78 is 5.45. The molecule has 2 aliphatic carbocycles. The van der Waals surface area contributed by atoms with Gasteiger partial charge in [0.05, 0.1) is 0 Å². The van der Waals surface area contributed by atoms with Crippen LogP contribution in [0.5, 0.6) is 0 Å². The second-order valence-corrected chi connectivity index (χ2v) is 12.3. The lowest BCUT2D eigenvalue weighted by Gasteiger charge is -2.39. The molecule has 9 heteroatoms. The van der Waals surface area contributed by atoms with E-state index < -0.39 is 11.6 Å². The summed E-state index contributed by atoms with van der Waals surface area (Å²) in [6.07, 6.45) is 7.59. The largest absolute Gasteiger partial charge is 0.444 e. The van der Waals surface area contributed by atoms with Gasteiger partial charge in [-0.3, -0.25) is 19.7 Å². The Balaban J connectivity index is 1.31. The fourth-order valence-electron chi connectivity index (χ4n) is 6.07. The smallest absolute Gasteiger partial charge is 0.407 e. The molecule has 2 saturated carbocycles. The first-order valence-corrected chi connectivity index (χ1v) is 14.1. The minimum absolute atomic E-state index is 0.0949. The molecule has 4 amide bonds. The Morgan fingerprint density at radius 2 is 1.82 bits per heavy atom. The lowest BCUT2D eigenvalue weighted by molar-refractivity contribution is -0.136. The van der Waals surface area contributed by atoms with Crippen LogP contribution in [0.25, 0.3) is 0 Å². The van der Waals surface area contributed by atoms with Gasteiger partial charge >= 0.3 is 6.09 Å². The van der Waals surface area contributed by atoms with Gasteiger partial charge in [0, 0.05) is 48.4 Å². The third kappa shape index (κ3) is 5.97. The van der Waals surface area contributed by atoms with Crippen molar-refractivity contribution < 1.29 is 23.9 Å². The number of hydrogen-bond acceptors (Lipinski definition) is 6. The maximum Gasteiger partial charge on any atom is 0.407 e. The summed E-state index contributed by atoms with van der Waals surface area (Å²) in [5.41, 5.74) is 2.19. The van der Waals surface area contributed by atoms with Crippen LogP contribution in [0.4, 0.5) is 10.5 Å². The van der Waals surface area contributed by atoms with Crippen LogP contribution < -0.4 is 15.5 Å². The van der Waals surface area contributed by atoms with Crippen LogP contribution in [-0.4, -0.2) is 59.0 Å². The first-order chi connectivity index (χ1) is 18.1. The van der Waals surface area contributed by atoms with Crippen molar-refractivity contribution in [1.29, 1.82) is 0 Å². The molecule has 1 unspecified atom stereocenters. The number of amides is 4. The molecule has 206 valence electrons. The van der Waals surface area contributed by atoms with Gasteiger partial charge in [0.15, 0.2) is 0 Å². The first kappa shape index (κ1) is 26.5. The third-order valence-electron chi connectivity index (χ3n) is 8.20. The molecular weight excluding hydrogens is 484 g/mol. The Morgan fingerprint density at radius 1 is 1.08 bits per heavy atom. The number of carbonyl (C=O) groups excluding carboxylic acids is 4. The molecule has 3 fully saturated rings. The second-order valence-electron chi connectivity index (χ2n) is 12.3. The van der Waals surface area contributed by atoms with Gasteiger partial charge in [0.1, 0.15) is 11.6 Å². The van der Waals surface area contributed by atoms with Crippen LogP contribution >= 0.6 is 0 Å². The molecule has 1 aromatic carbocycles. The molecule has 1 aromatic rings. The zero-order chi connectivity index (χ0) is 27.0. The normalized spacial score (nSPS) is 25.6. The first-order valence-electron chi connectivity index (χ1n) is 14.1. The fourth-order valence-corrected chi connectivity index (χ4v) is 6.07. The molecule has 4 aliphatic rings. The lowest BCUT2D eigenvalue weighted by Crippen LogP contribution is -2.52. The van der Waals surface area contributed by atoms with Crippen molar-refractivity contribution in [2.45, 2.75) is 109 Å². The van der Waals surface area contributed by atoms with E-state index in [4.69, 9.17) is 4.74 Å². The molecule has 38 heavy (non-hydrogen) atoms. The van der Waals surface area contributed by atoms with Gasteiger partial charge in [-0.2, -0.15) is 0 Å². The Labute approximate surface area is 224 Å². The highest BCUT2D eigenvalue weighted by Gasteiger charge is 2.41. The summed E-state index contributed by atoms with van der Waals surface area (Å²) >= 11 is 0. The minimum Gasteiger partial charge on any atom is -0.444 e. The van der Waals surface area contributed by atoms with Crippen LogP contribution in [0.15, 0.2) is 18.2 Å². The third-order valence-corrected chi connectivity index (χ3v) is 8.20. The molecule has 5 rings (SSSR count). The monoisotopic (exact) mass is 524 g/mol. The summed E-state index contributed by atoms with van der Waals surface area (Å²) in [6, 6.07) is 5.70. The van der Waals surface area contributed by atoms with E-state index in [1.807, 2.05) is 32.9 Å². The van der Waals surface area contributed by atoms with Crippen LogP contribution in [-0.2, 0) is 20.9 Å². The fraction of sp³-hybridized carbons (Fsp3) is 0.655. The van der Waals surface area contributed by atoms with Gasteiger partial charge in [0.25, 0.3) is 5.91 Å². The number of benzene rings is 1. The number of nitrogens with one attached hydrogen (secondary N) is 2. The number of piperidine rings is 1. The molecule has 0 radical (unpaired) electrons. The summed E-state index contributed by atoms with van der Waals surface area (Å²) in [4.78, 5) is 54.0. The summed E-state index contributed by atoms with van der Waals surface area (Å²) in [5.74, 6) is -0.0192. The molecule has 2 aliphatic heterocycles. The summed E-state index contributed by atoms with van der Waals surface area (Å²) in [5, 5.41) is 5.43. The van der Waals surface area contributed by atoms with Gasteiger partial charge in [-0.05, 0) is 77.3 Å². The van der Waals surface area contributed by atoms with Crippen molar-refractivity contribution in [3.05, 3.63) is 29.3 Å². The van der Waals surface area contributed by atoms with E-state index in [0.29, 0.717) is 24.6 Å². The predicted octanol–water partition coefficient (Wildman–Crippen LogP) is 3.89. The zero-order valence-corrected chi connectivity index (χ0v) is 22.8. The molecule has 2 N–H and O–H groups in total. The minimum atomic E-state index is -0.616. The topological polar surface area (TPSA) is 108 Å². The van der Waals surface area contributed by atoms with E-state index in [0.717, 1.165) is 55.8 Å². The van der Waals surface area contributed by atoms with E-state index in [-0.39, 0.29) is 36.3 Å². The lowest BCUT2D eigenvalue weighted by atomic mass is 9.89. The van der Waals surface area contributed by atoms with Gasteiger partial charge in [-0.15, -0.1) is 0 Å². The number of fused-ring (bicyclic) bond motifs is 1. The number of rotatable bonds is 7.